The molecule has 0 amide bonds. The first-order valence-corrected chi connectivity index (χ1v) is 6.48. The van der Waals surface area contributed by atoms with Gasteiger partial charge in [-0.2, -0.15) is 0 Å². The predicted octanol–water partition coefficient (Wildman–Crippen LogP) is 2.43. The molecule has 18 heavy (non-hydrogen) atoms. The van der Waals surface area contributed by atoms with Crippen molar-refractivity contribution in [2.45, 2.75) is 26.3 Å². The van der Waals surface area contributed by atoms with Gasteiger partial charge in [-0.25, -0.2) is 0 Å². The quantitative estimate of drug-likeness (QED) is 0.842. The monoisotopic (exact) mass is 250 g/mol. The molecule has 0 aliphatic rings. The van der Waals surface area contributed by atoms with Crippen molar-refractivity contribution in [3.8, 4) is 0 Å². The van der Waals surface area contributed by atoms with Crippen LogP contribution in [0.4, 0.5) is 5.69 Å². The van der Waals surface area contributed by atoms with Gasteiger partial charge in [0.1, 0.15) is 0 Å². The second kappa shape index (κ2) is 6.21. The lowest BCUT2D eigenvalue weighted by Crippen LogP contribution is -2.59. The van der Waals surface area contributed by atoms with Gasteiger partial charge >= 0.3 is 0 Å². The lowest BCUT2D eigenvalue weighted by atomic mass is 9.84. The zero-order valence-electron chi connectivity index (χ0n) is 12.2. The minimum absolute atomic E-state index is 0.166. The minimum Gasteiger partial charge on any atom is -0.382 e. The Hall–Kier alpha value is -1.06. The molecule has 1 aromatic rings. The molecule has 1 atom stereocenters. The lowest BCUT2D eigenvalue weighted by Gasteiger charge is -2.45. The summed E-state index contributed by atoms with van der Waals surface area (Å²) in [5.74, 6) is 0.409. The van der Waals surface area contributed by atoms with Crippen LogP contribution in [-0.4, -0.2) is 32.8 Å². The zero-order chi connectivity index (χ0) is 13.8. The van der Waals surface area contributed by atoms with Crippen molar-refractivity contribution >= 4 is 5.69 Å². The van der Waals surface area contributed by atoms with Crippen molar-refractivity contribution in [3.63, 3.8) is 0 Å². The molecule has 0 saturated heterocycles. The zero-order valence-corrected chi connectivity index (χ0v) is 12.2. The minimum atomic E-state index is -0.166. The number of methoxy groups -OCH3 is 1. The van der Waals surface area contributed by atoms with Gasteiger partial charge < -0.3 is 15.4 Å². The van der Waals surface area contributed by atoms with Crippen LogP contribution in [0.1, 0.15) is 19.4 Å². The number of nitrogens with zero attached hydrogens (tertiary/aromatic N) is 1. The Morgan fingerprint density at radius 2 is 1.94 bits per heavy atom. The highest BCUT2D eigenvalue weighted by atomic mass is 16.5. The molecule has 2 N–H and O–H groups in total. The largest absolute Gasteiger partial charge is 0.382 e. The van der Waals surface area contributed by atoms with Crippen LogP contribution in [-0.2, 0) is 4.74 Å². The van der Waals surface area contributed by atoms with E-state index in [1.54, 1.807) is 7.11 Å². The Morgan fingerprint density at radius 1 is 1.33 bits per heavy atom. The molecule has 0 bridgehead atoms. The summed E-state index contributed by atoms with van der Waals surface area (Å²) >= 11 is 0. The number of hydrogen-bond acceptors (Lipinski definition) is 3. The molecule has 1 unspecified atom stereocenters. The number of benzene rings is 1. The van der Waals surface area contributed by atoms with E-state index in [2.05, 4.69) is 57.0 Å². The Balaban J connectivity index is 3.17. The summed E-state index contributed by atoms with van der Waals surface area (Å²) < 4.78 is 5.42. The molecule has 0 fully saturated rings. The second-order valence-corrected chi connectivity index (χ2v) is 5.24. The summed E-state index contributed by atoms with van der Waals surface area (Å²) in [5.41, 5.74) is 8.37. The van der Waals surface area contributed by atoms with Crippen LogP contribution in [0.25, 0.3) is 0 Å². The van der Waals surface area contributed by atoms with Gasteiger partial charge in [-0.3, -0.25) is 0 Å². The van der Waals surface area contributed by atoms with Crippen LogP contribution in [0, 0.1) is 12.8 Å². The van der Waals surface area contributed by atoms with E-state index in [0.29, 0.717) is 19.1 Å². The van der Waals surface area contributed by atoms with Crippen molar-refractivity contribution in [1.29, 1.82) is 0 Å². The van der Waals surface area contributed by atoms with Gasteiger partial charge in [-0.1, -0.05) is 32.0 Å². The fraction of sp³-hybridized carbons (Fsp3) is 0.600. The number of rotatable bonds is 6. The number of nitrogens with two attached hydrogens (primary N) is 1. The third-order valence-electron chi connectivity index (χ3n) is 3.97. The molecule has 0 aliphatic carbocycles. The predicted molar refractivity (Wildman–Crippen MR) is 78.1 cm³/mol. The molecule has 0 radical (unpaired) electrons. The van der Waals surface area contributed by atoms with E-state index in [1.807, 2.05) is 0 Å². The number of para-hydroxylation sites is 1. The first kappa shape index (κ1) is 15.0. The first-order chi connectivity index (χ1) is 8.49. The number of anilines is 1. The molecule has 3 nitrogen and oxygen atoms in total. The van der Waals surface area contributed by atoms with Crippen LogP contribution >= 0.6 is 0 Å². The van der Waals surface area contributed by atoms with Crippen molar-refractivity contribution < 1.29 is 4.74 Å². The van der Waals surface area contributed by atoms with Crippen molar-refractivity contribution in [2.24, 2.45) is 11.7 Å². The molecular weight excluding hydrogens is 224 g/mol. The van der Waals surface area contributed by atoms with E-state index in [-0.39, 0.29) is 5.54 Å². The number of aryl methyl sites for hydroxylation is 1. The maximum atomic E-state index is 6.06. The van der Waals surface area contributed by atoms with Crippen LogP contribution in [0.15, 0.2) is 24.3 Å². The van der Waals surface area contributed by atoms with Crippen LogP contribution in [0.5, 0.6) is 0 Å². The molecule has 0 aliphatic heterocycles. The van der Waals surface area contributed by atoms with E-state index in [0.717, 1.165) is 0 Å². The maximum Gasteiger partial charge on any atom is 0.0776 e. The summed E-state index contributed by atoms with van der Waals surface area (Å²) in [5, 5.41) is 0. The lowest BCUT2D eigenvalue weighted by molar-refractivity contribution is 0.106. The molecule has 3 heteroatoms. The third kappa shape index (κ3) is 2.68. The Bertz CT molecular complexity index is 379. The van der Waals surface area contributed by atoms with Gasteiger partial charge in [0, 0.05) is 26.4 Å². The van der Waals surface area contributed by atoms with Crippen LogP contribution in [0.2, 0.25) is 0 Å². The standard InChI is InChI=1S/C15H26N2O/c1-12(2)15(10-16,11-18-5)17(4)14-9-7-6-8-13(14)3/h6-9,12H,10-11,16H2,1-5H3. The van der Waals surface area contributed by atoms with Gasteiger partial charge in [0.05, 0.1) is 12.1 Å². The molecule has 0 spiro atoms. The van der Waals surface area contributed by atoms with Gasteiger partial charge in [-0.05, 0) is 24.5 Å². The molecular formula is C15H26N2O. The summed E-state index contributed by atoms with van der Waals surface area (Å²) in [4.78, 5) is 2.27. The second-order valence-electron chi connectivity index (χ2n) is 5.24. The molecule has 1 aromatic carbocycles. The third-order valence-corrected chi connectivity index (χ3v) is 3.97. The Morgan fingerprint density at radius 3 is 2.39 bits per heavy atom. The topological polar surface area (TPSA) is 38.5 Å². The normalized spacial score (nSPS) is 14.6. The Kier molecular flexibility index (Phi) is 5.17. The summed E-state index contributed by atoms with van der Waals surface area (Å²) in [6, 6.07) is 8.38. The first-order valence-electron chi connectivity index (χ1n) is 6.48. The fourth-order valence-corrected chi connectivity index (χ4v) is 2.51. The smallest absolute Gasteiger partial charge is 0.0776 e. The van der Waals surface area contributed by atoms with E-state index < -0.39 is 0 Å². The molecule has 102 valence electrons. The van der Waals surface area contributed by atoms with Gasteiger partial charge in [-0.15, -0.1) is 0 Å². The van der Waals surface area contributed by atoms with Gasteiger partial charge in [0.25, 0.3) is 0 Å². The average molecular weight is 250 g/mol. The van der Waals surface area contributed by atoms with Crippen LogP contribution in [0.3, 0.4) is 0 Å². The summed E-state index contributed by atoms with van der Waals surface area (Å²) in [6.07, 6.45) is 0. The maximum absolute atomic E-state index is 6.06. The Labute approximate surface area is 111 Å². The van der Waals surface area contributed by atoms with E-state index in [9.17, 15) is 0 Å². The van der Waals surface area contributed by atoms with E-state index in [4.69, 9.17) is 10.5 Å². The van der Waals surface area contributed by atoms with Gasteiger partial charge in [0.15, 0.2) is 0 Å². The highest BCUT2D eigenvalue weighted by Gasteiger charge is 2.37. The highest BCUT2D eigenvalue weighted by Crippen LogP contribution is 2.30. The number of hydrogen-bond donors (Lipinski definition) is 1. The van der Waals surface area contributed by atoms with E-state index >= 15 is 0 Å². The molecule has 0 saturated carbocycles. The number of ether oxygens (including phenoxy) is 1. The van der Waals surface area contributed by atoms with Crippen molar-refractivity contribution in [1.82, 2.24) is 0 Å². The van der Waals surface area contributed by atoms with Crippen molar-refractivity contribution in [3.05, 3.63) is 29.8 Å². The molecule has 0 aromatic heterocycles. The molecule has 0 heterocycles. The average Bonchev–Trinajstić information content (AvgIpc) is 2.35. The fourth-order valence-electron chi connectivity index (χ4n) is 2.51. The van der Waals surface area contributed by atoms with Gasteiger partial charge in [0.2, 0.25) is 0 Å². The SMILES string of the molecule is COCC(CN)(C(C)C)N(C)c1ccccc1C. The molecule has 1 rings (SSSR count). The highest BCUT2D eigenvalue weighted by molar-refractivity contribution is 5.54. The summed E-state index contributed by atoms with van der Waals surface area (Å²) in [7, 11) is 3.84. The summed E-state index contributed by atoms with van der Waals surface area (Å²) in [6.45, 7) is 7.72. The van der Waals surface area contributed by atoms with Crippen LogP contribution < -0.4 is 10.6 Å². The van der Waals surface area contributed by atoms with E-state index in [1.165, 1.54) is 11.3 Å². The van der Waals surface area contributed by atoms with Crippen molar-refractivity contribution in [2.75, 3.05) is 32.2 Å². The number of likely N-dealkylation sites (N-methyl/N-ethyl adjacent to an activating group) is 1.